The van der Waals surface area contributed by atoms with Crippen LogP contribution in [-0.2, 0) is 6.42 Å². The first-order chi connectivity index (χ1) is 8.56. The first kappa shape index (κ1) is 13.2. The Labute approximate surface area is 115 Å². The third-order valence-electron chi connectivity index (χ3n) is 2.79. The van der Waals surface area contributed by atoms with E-state index in [-0.39, 0.29) is 0 Å². The van der Waals surface area contributed by atoms with Crippen LogP contribution in [-0.4, -0.2) is 15.1 Å². The van der Waals surface area contributed by atoms with Crippen LogP contribution in [0.4, 0.5) is 0 Å². The highest BCUT2D eigenvalue weighted by Gasteiger charge is 2.08. The van der Waals surface area contributed by atoms with Gasteiger partial charge in [-0.1, -0.05) is 28.1 Å². The topological polar surface area (TPSA) is 46.0 Å². The van der Waals surface area contributed by atoms with Crippen molar-refractivity contribution >= 4 is 15.9 Å². The van der Waals surface area contributed by atoms with E-state index in [1.54, 1.807) is 13.1 Å². The molecule has 1 aromatic heterocycles. The van der Waals surface area contributed by atoms with E-state index in [4.69, 9.17) is 0 Å². The van der Waals surface area contributed by atoms with Gasteiger partial charge in [0.1, 0.15) is 5.82 Å². The molecule has 2 aromatic rings. The SMILES string of the molecule is Cc1nc(Cc2ccc(Br)cc2)ncc1C(C)O. The summed E-state index contributed by atoms with van der Waals surface area (Å²) in [4.78, 5) is 8.72. The predicted molar refractivity (Wildman–Crippen MR) is 74.4 cm³/mol. The lowest BCUT2D eigenvalue weighted by atomic mass is 10.1. The molecule has 0 saturated carbocycles. The molecule has 0 aliphatic heterocycles. The minimum absolute atomic E-state index is 0.522. The van der Waals surface area contributed by atoms with Crippen molar-refractivity contribution in [2.24, 2.45) is 0 Å². The molecule has 0 fully saturated rings. The number of aliphatic hydroxyl groups is 1. The van der Waals surface area contributed by atoms with Crippen LogP contribution in [0, 0.1) is 6.92 Å². The van der Waals surface area contributed by atoms with Gasteiger partial charge >= 0.3 is 0 Å². The quantitative estimate of drug-likeness (QED) is 0.947. The zero-order valence-corrected chi connectivity index (χ0v) is 12.0. The predicted octanol–water partition coefficient (Wildman–Crippen LogP) is 3.19. The van der Waals surface area contributed by atoms with Crippen LogP contribution in [0.25, 0.3) is 0 Å². The molecule has 0 bridgehead atoms. The van der Waals surface area contributed by atoms with Gasteiger partial charge in [0.25, 0.3) is 0 Å². The summed E-state index contributed by atoms with van der Waals surface area (Å²) in [5.41, 5.74) is 2.80. The molecular weight excluding hydrogens is 292 g/mol. The number of benzene rings is 1. The number of rotatable bonds is 3. The fourth-order valence-corrected chi connectivity index (χ4v) is 2.07. The molecule has 2 rings (SSSR count). The van der Waals surface area contributed by atoms with Crippen molar-refractivity contribution in [2.45, 2.75) is 26.4 Å². The van der Waals surface area contributed by atoms with Gasteiger partial charge in [-0.2, -0.15) is 0 Å². The zero-order valence-electron chi connectivity index (χ0n) is 10.4. The van der Waals surface area contributed by atoms with Crippen LogP contribution < -0.4 is 0 Å². The van der Waals surface area contributed by atoms with E-state index >= 15 is 0 Å². The molecule has 1 N–H and O–H groups in total. The Balaban J connectivity index is 2.20. The fourth-order valence-electron chi connectivity index (χ4n) is 1.80. The van der Waals surface area contributed by atoms with Gasteiger partial charge in [-0.05, 0) is 31.5 Å². The van der Waals surface area contributed by atoms with E-state index in [0.29, 0.717) is 6.42 Å². The van der Waals surface area contributed by atoms with Crippen molar-refractivity contribution in [3.05, 3.63) is 57.6 Å². The van der Waals surface area contributed by atoms with Crippen molar-refractivity contribution < 1.29 is 5.11 Å². The number of hydrogen-bond acceptors (Lipinski definition) is 3. The standard InChI is InChI=1S/C14H15BrN2O/c1-9-13(10(2)18)8-16-14(17-9)7-11-3-5-12(15)6-4-11/h3-6,8,10,18H,7H2,1-2H3. The molecule has 94 valence electrons. The Morgan fingerprint density at radius 1 is 1.28 bits per heavy atom. The lowest BCUT2D eigenvalue weighted by Crippen LogP contribution is -2.04. The van der Waals surface area contributed by atoms with Gasteiger partial charge < -0.3 is 5.11 Å². The van der Waals surface area contributed by atoms with Crippen molar-refractivity contribution in [2.75, 3.05) is 0 Å². The van der Waals surface area contributed by atoms with E-state index in [2.05, 4.69) is 25.9 Å². The van der Waals surface area contributed by atoms with Crippen molar-refractivity contribution in [3.8, 4) is 0 Å². The Morgan fingerprint density at radius 3 is 2.50 bits per heavy atom. The molecule has 0 saturated heterocycles. The van der Waals surface area contributed by atoms with Gasteiger partial charge in [0.2, 0.25) is 0 Å². The lowest BCUT2D eigenvalue weighted by molar-refractivity contribution is 0.197. The van der Waals surface area contributed by atoms with E-state index in [9.17, 15) is 5.11 Å². The molecule has 0 aliphatic rings. The number of hydrogen-bond donors (Lipinski definition) is 1. The molecule has 1 atom stereocenters. The van der Waals surface area contributed by atoms with Gasteiger partial charge in [-0.3, -0.25) is 0 Å². The van der Waals surface area contributed by atoms with E-state index < -0.39 is 6.10 Å². The van der Waals surface area contributed by atoms with Crippen LogP contribution >= 0.6 is 15.9 Å². The number of halogens is 1. The molecule has 0 radical (unpaired) electrons. The minimum atomic E-state index is -0.522. The summed E-state index contributed by atoms with van der Waals surface area (Å²) in [5.74, 6) is 0.777. The first-order valence-corrected chi connectivity index (χ1v) is 6.60. The summed E-state index contributed by atoms with van der Waals surface area (Å²) in [7, 11) is 0. The molecule has 4 heteroatoms. The van der Waals surface area contributed by atoms with E-state index in [1.165, 1.54) is 5.56 Å². The van der Waals surface area contributed by atoms with Crippen LogP contribution in [0.5, 0.6) is 0 Å². The molecular formula is C14H15BrN2O. The minimum Gasteiger partial charge on any atom is -0.389 e. The van der Waals surface area contributed by atoms with Gasteiger partial charge in [-0.25, -0.2) is 9.97 Å². The summed E-state index contributed by atoms with van der Waals surface area (Å²) in [6.45, 7) is 3.62. The first-order valence-electron chi connectivity index (χ1n) is 5.81. The van der Waals surface area contributed by atoms with Crippen LogP contribution in [0.1, 0.15) is 35.7 Å². The largest absolute Gasteiger partial charge is 0.389 e. The smallest absolute Gasteiger partial charge is 0.132 e. The molecule has 0 aliphatic carbocycles. The maximum absolute atomic E-state index is 9.53. The Morgan fingerprint density at radius 2 is 1.94 bits per heavy atom. The lowest BCUT2D eigenvalue weighted by Gasteiger charge is -2.09. The molecule has 1 heterocycles. The third kappa shape index (κ3) is 3.15. The van der Waals surface area contributed by atoms with Crippen molar-refractivity contribution in [1.29, 1.82) is 0 Å². The Kier molecular flexibility index (Phi) is 4.09. The summed E-state index contributed by atoms with van der Waals surface area (Å²) >= 11 is 3.41. The number of aromatic nitrogens is 2. The second kappa shape index (κ2) is 5.59. The molecule has 1 unspecified atom stereocenters. The van der Waals surface area contributed by atoms with Gasteiger partial charge in [0, 0.05) is 28.3 Å². The summed E-state index contributed by atoms with van der Waals surface area (Å²) < 4.78 is 1.06. The monoisotopic (exact) mass is 306 g/mol. The third-order valence-corrected chi connectivity index (χ3v) is 3.32. The second-order valence-electron chi connectivity index (χ2n) is 4.31. The number of nitrogens with zero attached hydrogens (tertiary/aromatic N) is 2. The zero-order chi connectivity index (χ0) is 13.1. The normalized spacial score (nSPS) is 12.4. The highest BCUT2D eigenvalue weighted by molar-refractivity contribution is 9.10. The molecule has 18 heavy (non-hydrogen) atoms. The van der Waals surface area contributed by atoms with Crippen LogP contribution in [0.3, 0.4) is 0 Å². The van der Waals surface area contributed by atoms with Crippen molar-refractivity contribution in [1.82, 2.24) is 9.97 Å². The molecule has 3 nitrogen and oxygen atoms in total. The van der Waals surface area contributed by atoms with Gasteiger partial charge in [-0.15, -0.1) is 0 Å². The van der Waals surface area contributed by atoms with E-state index in [0.717, 1.165) is 21.6 Å². The van der Waals surface area contributed by atoms with E-state index in [1.807, 2.05) is 31.2 Å². The van der Waals surface area contributed by atoms with Crippen molar-refractivity contribution in [3.63, 3.8) is 0 Å². The Hall–Kier alpha value is -1.26. The fraction of sp³-hybridized carbons (Fsp3) is 0.286. The maximum Gasteiger partial charge on any atom is 0.132 e. The van der Waals surface area contributed by atoms with Crippen LogP contribution in [0.15, 0.2) is 34.9 Å². The molecule has 0 amide bonds. The molecule has 0 spiro atoms. The van der Waals surface area contributed by atoms with Crippen LogP contribution in [0.2, 0.25) is 0 Å². The average Bonchev–Trinajstić information content (AvgIpc) is 2.32. The summed E-state index contributed by atoms with van der Waals surface area (Å²) in [6.07, 6.45) is 1.89. The molecule has 1 aromatic carbocycles. The number of aryl methyl sites for hydroxylation is 1. The second-order valence-corrected chi connectivity index (χ2v) is 5.22. The maximum atomic E-state index is 9.53. The highest BCUT2D eigenvalue weighted by atomic mass is 79.9. The summed E-state index contributed by atoms with van der Waals surface area (Å²) in [6, 6.07) is 8.11. The number of aliphatic hydroxyl groups excluding tert-OH is 1. The van der Waals surface area contributed by atoms with Gasteiger partial charge in [0.05, 0.1) is 6.10 Å². The average molecular weight is 307 g/mol. The van der Waals surface area contributed by atoms with Gasteiger partial charge in [0.15, 0.2) is 0 Å². The highest BCUT2D eigenvalue weighted by Crippen LogP contribution is 2.16. The summed E-state index contributed by atoms with van der Waals surface area (Å²) in [5, 5.41) is 9.53. The Bertz CT molecular complexity index is 538.